The summed E-state index contributed by atoms with van der Waals surface area (Å²) in [5.74, 6) is -0.147. The van der Waals surface area contributed by atoms with E-state index in [1.54, 1.807) is 0 Å². The highest BCUT2D eigenvalue weighted by atomic mass is 31.2. The molecule has 0 bridgehead atoms. The topological polar surface area (TPSA) is 140 Å². The number of ether oxygens (including phenoxy) is 2. The minimum atomic E-state index is -4.77. The Bertz CT molecular complexity index is 1030. The monoisotopic (exact) mass is 769 g/mol. The maximum atomic E-state index is 12.4. The minimum absolute atomic E-state index is 0.174. The first-order valence-corrected chi connectivity index (χ1v) is 22.4. The molecule has 0 heterocycles. The maximum absolute atomic E-state index is 12.4. The van der Waals surface area contributed by atoms with E-state index < -0.39 is 32.5 Å². The second-order valence-electron chi connectivity index (χ2n) is 14.6. The molecule has 0 aromatic rings. The van der Waals surface area contributed by atoms with Crippen LogP contribution in [0.25, 0.3) is 0 Å². The molecule has 2 atom stereocenters. The fraction of sp³-hybridized carbons (Fsp3) is 0.767. The Labute approximate surface area is 323 Å². The van der Waals surface area contributed by atoms with Gasteiger partial charge in [-0.3, -0.25) is 14.1 Å². The number of allylic oxidation sites excluding steroid dienone is 7. The van der Waals surface area contributed by atoms with Crippen molar-refractivity contribution in [2.45, 2.75) is 193 Å². The van der Waals surface area contributed by atoms with Gasteiger partial charge < -0.3 is 24.4 Å². The van der Waals surface area contributed by atoms with Gasteiger partial charge in [-0.05, 0) is 50.9 Å². The van der Waals surface area contributed by atoms with Crippen LogP contribution in [0, 0.1) is 5.92 Å². The van der Waals surface area contributed by atoms with Crippen LogP contribution >= 0.6 is 7.82 Å². The summed E-state index contributed by atoms with van der Waals surface area (Å²) in [4.78, 5) is 42.8. The summed E-state index contributed by atoms with van der Waals surface area (Å²) in [7, 11) is -4.77. The van der Waals surface area contributed by atoms with Gasteiger partial charge in [-0.1, -0.05) is 172 Å². The standard InChI is InChI=1S/C43H77O9P/c1-4-5-33-40(44)34-29-25-21-17-13-10-11-14-18-22-26-30-35-42(45)50-37-41(38-51-53(47,48)49)52-43(46)36-31-27-23-19-15-9-7-6-8-12-16-20-24-28-32-39(2)3/h10-11,17-18,21-22,29,34,39-41,44H,4-9,12-16,19-20,23-28,30-33,35-38H2,1-3H3,(H2,47,48,49)/b11-10-,21-17-,22-18-,34-29-/t40-,41+/m0/s1. The van der Waals surface area contributed by atoms with Gasteiger partial charge in [0, 0.05) is 12.8 Å². The summed E-state index contributed by atoms with van der Waals surface area (Å²) < 4.78 is 26.3. The number of carbonyl (C=O) groups excluding carboxylic acids is 2. The van der Waals surface area contributed by atoms with E-state index in [1.165, 1.54) is 70.6 Å². The second kappa shape index (κ2) is 36.9. The molecular weight excluding hydrogens is 691 g/mol. The summed E-state index contributed by atoms with van der Waals surface area (Å²) >= 11 is 0. The number of esters is 2. The molecule has 0 unspecified atom stereocenters. The molecule has 0 aliphatic carbocycles. The molecule has 308 valence electrons. The third-order valence-electron chi connectivity index (χ3n) is 8.85. The van der Waals surface area contributed by atoms with Crippen LogP contribution in [0.4, 0.5) is 0 Å². The van der Waals surface area contributed by atoms with Crippen molar-refractivity contribution < 1.29 is 43.0 Å². The van der Waals surface area contributed by atoms with Gasteiger partial charge in [0.25, 0.3) is 0 Å². The lowest BCUT2D eigenvalue weighted by Gasteiger charge is -2.18. The average molecular weight is 769 g/mol. The molecule has 0 saturated carbocycles. The van der Waals surface area contributed by atoms with Gasteiger partial charge in [0.1, 0.15) is 6.61 Å². The lowest BCUT2D eigenvalue weighted by Crippen LogP contribution is -2.29. The molecule has 10 heteroatoms. The van der Waals surface area contributed by atoms with Crippen molar-refractivity contribution in [2.75, 3.05) is 13.2 Å². The number of hydrogen-bond donors (Lipinski definition) is 3. The first-order chi connectivity index (χ1) is 25.5. The van der Waals surface area contributed by atoms with Crippen LogP contribution in [-0.2, 0) is 28.2 Å². The predicted octanol–water partition coefficient (Wildman–Crippen LogP) is 11.6. The van der Waals surface area contributed by atoms with Gasteiger partial charge in [0.15, 0.2) is 6.10 Å². The zero-order valence-corrected chi connectivity index (χ0v) is 34.6. The molecule has 53 heavy (non-hydrogen) atoms. The number of phosphoric ester groups is 1. The predicted molar refractivity (Wildman–Crippen MR) is 217 cm³/mol. The fourth-order valence-corrected chi connectivity index (χ4v) is 6.05. The zero-order chi connectivity index (χ0) is 39.3. The van der Waals surface area contributed by atoms with Crippen LogP contribution in [0.3, 0.4) is 0 Å². The Morgan fingerprint density at radius 1 is 0.604 bits per heavy atom. The smallest absolute Gasteiger partial charge is 0.462 e. The molecule has 9 nitrogen and oxygen atoms in total. The summed E-state index contributed by atoms with van der Waals surface area (Å²) in [6.45, 7) is 5.82. The highest BCUT2D eigenvalue weighted by Gasteiger charge is 2.22. The van der Waals surface area contributed by atoms with Crippen LogP contribution in [0.5, 0.6) is 0 Å². The first-order valence-electron chi connectivity index (χ1n) is 20.9. The Balaban J connectivity index is 4.03. The highest BCUT2D eigenvalue weighted by Crippen LogP contribution is 2.36. The van der Waals surface area contributed by atoms with Gasteiger partial charge in [0.2, 0.25) is 0 Å². The molecule has 3 N–H and O–H groups in total. The summed E-state index contributed by atoms with van der Waals surface area (Å²) in [5, 5.41) is 9.79. The quantitative estimate of drug-likeness (QED) is 0.0244. The van der Waals surface area contributed by atoms with Crippen molar-refractivity contribution in [3.63, 3.8) is 0 Å². The van der Waals surface area contributed by atoms with Crippen LogP contribution in [0.2, 0.25) is 0 Å². The molecule has 0 rings (SSSR count). The van der Waals surface area contributed by atoms with E-state index in [2.05, 4.69) is 49.6 Å². The van der Waals surface area contributed by atoms with Crippen molar-refractivity contribution in [2.24, 2.45) is 5.92 Å². The number of aliphatic hydroxyl groups is 1. The van der Waals surface area contributed by atoms with Crippen LogP contribution in [-0.4, -0.2) is 52.3 Å². The van der Waals surface area contributed by atoms with E-state index in [9.17, 15) is 19.3 Å². The molecule has 0 spiro atoms. The zero-order valence-electron chi connectivity index (χ0n) is 33.7. The van der Waals surface area contributed by atoms with E-state index in [1.807, 2.05) is 24.3 Å². The molecule has 0 aromatic carbocycles. The Kier molecular flexibility index (Phi) is 35.5. The lowest BCUT2D eigenvalue weighted by molar-refractivity contribution is -0.161. The first kappa shape index (κ1) is 51.0. The minimum Gasteiger partial charge on any atom is -0.462 e. The summed E-state index contributed by atoms with van der Waals surface area (Å²) in [5.41, 5.74) is 0. The fourth-order valence-electron chi connectivity index (χ4n) is 5.69. The Hall–Kier alpha value is -2.03. The molecule has 0 saturated heterocycles. The van der Waals surface area contributed by atoms with Crippen molar-refractivity contribution in [3.8, 4) is 0 Å². The lowest BCUT2D eigenvalue weighted by atomic mass is 10.0. The third-order valence-corrected chi connectivity index (χ3v) is 9.33. The van der Waals surface area contributed by atoms with Crippen LogP contribution in [0.1, 0.15) is 181 Å². The van der Waals surface area contributed by atoms with Crippen molar-refractivity contribution in [1.29, 1.82) is 0 Å². The van der Waals surface area contributed by atoms with E-state index in [-0.39, 0.29) is 25.6 Å². The SMILES string of the molecule is CCCC[C@H](O)/C=C\C/C=C\C/C=C\C/C=C\CCCC(=O)OC[C@H](COP(=O)(O)O)OC(=O)CCCCCCCCCCCCCCCCC(C)C. The van der Waals surface area contributed by atoms with Crippen molar-refractivity contribution in [3.05, 3.63) is 48.6 Å². The van der Waals surface area contributed by atoms with Gasteiger partial charge in [-0.2, -0.15) is 0 Å². The van der Waals surface area contributed by atoms with Gasteiger partial charge >= 0.3 is 19.8 Å². The molecule has 0 aliphatic rings. The number of hydrogen-bond acceptors (Lipinski definition) is 7. The molecule has 0 aromatic heterocycles. The van der Waals surface area contributed by atoms with E-state index >= 15 is 0 Å². The van der Waals surface area contributed by atoms with Crippen molar-refractivity contribution >= 4 is 19.8 Å². The average Bonchev–Trinajstić information content (AvgIpc) is 3.11. The molecule has 0 amide bonds. The number of rotatable bonds is 37. The molecular formula is C43H77O9P. The number of unbranched alkanes of at least 4 members (excludes halogenated alkanes) is 15. The van der Waals surface area contributed by atoms with Gasteiger partial charge in [-0.15, -0.1) is 0 Å². The second-order valence-corrected chi connectivity index (χ2v) is 15.9. The maximum Gasteiger partial charge on any atom is 0.469 e. The largest absolute Gasteiger partial charge is 0.469 e. The number of phosphoric acid groups is 1. The van der Waals surface area contributed by atoms with Gasteiger partial charge in [-0.25, -0.2) is 4.57 Å². The molecule has 0 fully saturated rings. The summed E-state index contributed by atoms with van der Waals surface area (Å²) in [6, 6.07) is 0. The van der Waals surface area contributed by atoms with Crippen LogP contribution in [0.15, 0.2) is 48.6 Å². The number of aliphatic hydroxyl groups excluding tert-OH is 1. The number of carbonyl (C=O) groups is 2. The van der Waals surface area contributed by atoms with Crippen LogP contribution < -0.4 is 0 Å². The van der Waals surface area contributed by atoms with Crippen molar-refractivity contribution in [1.82, 2.24) is 0 Å². The normalized spacial score (nSPS) is 13.6. The van der Waals surface area contributed by atoms with E-state index in [4.69, 9.17) is 19.3 Å². The van der Waals surface area contributed by atoms with E-state index in [0.29, 0.717) is 19.3 Å². The van der Waals surface area contributed by atoms with Gasteiger partial charge in [0.05, 0.1) is 12.7 Å². The molecule has 0 aliphatic heterocycles. The molecule has 0 radical (unpaired) electrons. The third kappa shape index (κ3) is 41.0. The van der Waals surface area contributed by atoms with E-state index in [0.717, 1.165) is 63.7 Å². The highest BCUT2D eigenvalue weighted by molar-refractivity contribution is 7.46. The Morgan fingerprint density at radius 2 is 1.09 bits per heavy atom. The summed E-state index contributed by atoms with van der Waals surface area (Å²) in [6.07, 6.45) is 40.3. The Morgan fingerprint density at radius 3 is 1.62 bits per heavy atom.